The van der Waals surface area contributed by atoms with Crippen molar-refractivity contribution in [3.63, 3.8) is 0 Å². The lowest BCUT2D eigenvalue weighted by atomic mass is 10.0. The van der Waals surface area contributed by atoms with Crippen molar-refractivity contribution >= 4 is 9.84 Å². The van der Waals surface area contributed by atoms with E-state index in [-0.39, 0.29) is 10.6 Å². The van der Waals surface area contributed by atoms with Gasteiger partial charge in [-0.25, -0.2) is 8.42 Å². The minimum atomic E-state index is -3.58. The zero-order chi connectivity index (χ0) is 20.9. The van der Waals surface area contributed by atoms with E-state index in [1.54, 1.807) is 30.3 Å². The van der Waals surface area contributed by atoms with E-state index < -0.39 is 52.1 Å². The fourth-order valence-corrected chi connectivity index (χ4v) is 5.15. The maximum Gasteiger partial charge on any atom is 0.183 e. The van der Waals surface area contributed by atoms with E-state index in [0.717, 1.165) is 0 Å². The van der Waals surface area contributed by atoms with Gasteiger partial charge >= 0.3 is 0 Å². The summed E-state index contributed by atoms with van der Waals surface area (Å²) in [5.74, 6) is -1.77. The first kappa shape index (κ1) is 21.2. The molecule has 29 heavy (non-hydrogen) atoms. The highest BCUT2D eigenvalue weighted by atomic mass is 32.2. The van der Waals surface area contributed by atoms with Gasteiger partial charge in [-0.3, -0.25) is 0 Å². The van der Waals surface area contributed by atoms with E-state index >= 15 is 0 Å². The molecule has 4 atom stereocenters. The number of hydrogen-bond donors (Lipinski definition) is 0. The Bertz CT molecular complexity index is 788. The number of hydrogen-bond acceptors (Lipinski definition) is 8. The topological polar surface area (TPSA) is 89.5 Å². The molecule has 0 bridgehead atoms. The van der Waals surface area contributed by atoms with E-state index in [0.29, 0.717) is 13.2 Å². The van der Waals surface area contributed by atoms with Gasteiger partial charge in [-0.1, -0.05) is 18.2 Å². The van der Waals surface area contributed by atoms with E-state index in [9.17, 15) is 8.42 Å². The Hall–Kier alpha value is -1.07. The second kappa shape index (κ2) is 7.56. The molecule has 0 aromatic heterocycles. The quantitative estimate of drug-likeness (QED) is 0.702. The van der Waals surface area contributed by atoms with Crippen molar-refractivity contribution in [2.75, 3.05) is 19.0 Å². The van der Waals surface area contributed by atoms with Crippen LogP contribution < -0.4 is 0 Å². The molecule has 0 saturated carbocycles. The molecule has 0 aliphatic carbocycles. The largest absolute Gasteiger partial charge is 0.348 e. The molecular weight excluding hydrogens is 400 g/mol. The van der Waals surface area contributed by atoms with Crippen LogP contribution >= 0.6 is 0 Å². The van der Waals surface area contributed by atoms with Gasteiger partial charge in [0, 0.05) is 0 Å². The van der Waals surface area contributed by atoms with Gasteiger partial charge < -0.3 is 28.4 Å². The van der Waals surface area contributed by atoms with Gasteiger partial charge in [-0.05, 0) is 39.8 Å². The third-order valence-corrected chi connectivity index (χ3v) is 6.89. The van der Waals surface area contributed by atoms with Crippen molar-refractivity contribution in [1.82, 2.24) is 0 Å². The van der Waals surface area contributed by atoms with Crippen LogP contribution in [0.25, 0.3) is 0 Å². The van der Waals surface area contributed by atoms with Crippen LogP contribution in [0.3, 0.4) is 0 Å². The zero-order valence-corrected chi connectivity index (χ0v) is 17.9. The Labute approximate surface area is 171 Å². The molecule has 0 radical (unpaired) electrons. The molecule has 162 valence electrons. The second-order valence-corrected chi connectivity index (χ2v) is 10.5. The molecule has 3 aliphatic heterocycles. The Balaban J connectivity index is 1.52. The number of rotatable bonds is 5. The molecule has 3 heterocycles. The molecule has 0 N–H and O–H groups in total. The van der Waals surface area contributed by atoms with Gasteiger partial charge in [-0.2, -0.15) is 0 Å². The summed E-state index contributed by atoms with van der Waals surface area (Å²) in [6.45, 7) is 7.96. The zero-order valence-electron chi connectivity index (χ0n) is 17.1. The van der Waals surface area contributed by atoms with Crippen molar-refractivity contribution in [1.29, 1.82) is 0 Å². The molecule has 3 aliphatic rings. The average Bonchev–Trinajstić information content (AvgIpc) is 3.31. The van der Waals surface area contributed by atoms with Gasteiger partial charge in [0.2, 0.25) is 0 Å². The van der Waals surface area contributed by atoms with E-state index in [4.69, 9.17) is 28.4 Å². The fraction of sp³-hybridized carbons (Fsp3) is 0.700. The summed E-state index contributed by atoms with van der Waals surface area (Å²) in [6.07, 6.45) is -2.79. The Morgan fingerprint density at radius 3 is 1.76 bits per heavy atom. The van der Waals surface area contributed by atoms with Gasteiger partial charge in [0.1, 0.15) is 30.2 Å². The summed E-state index contributed by atoms with van der Waals surface area (Å²) in [7, 11) is -3.58. The standard InChI is InChI=1S/C20H28O8S/c1-19(2)23-10-14(27-19)17-18(15-11-24-20(3,4)28-15)26-16(25-17)12-29(21,22)13-8-6-5-7-9-13/h5-9,14-18H,10-12H2,1-4H3/t14-,15-,17-,18-/m1/s1. The Kier molecular flexibility index (Phi) is 5.52. The molecule has 0 amide bonds. The molecule has 0 unspecified atom stereocenters. The highest BCUT2D eigenvalue weighted by Crippen LogP contribution is 2.37. The van der Waals surface area contributed by atoms with Crippen LogP contribution in [-0.4, -0.2) is 69.7 Å². The Morgan fingerprint density at radius 2 is 1.34 bits per heavy atom. The van der Waals surface area contributed by atoms with Gasteiger partial charge in [-0.15, -0.1) is 0 Å². The highest BCUT2D eigenvalue weighted by Gasteiger charge is 2.53. The highest BCUT2D eigenvalue weighted by molar-refractivity contribution is 7.91. The molecule has 0 spiro atoms. The SMILES string of the molecule is CC1(C)OC[C@H]([C@H]2OC(CS(=O)(=O)c3ccccc3)O[C@@H]2[C@H]2COC(C)(C)O2)O1. The number of benzene rings is 1. The summed E-state index contributed by atoms with van der Waals surface area (Å²) in [6, 6.07) is 8.27. The van der Waals surface area contributed by atoms with Crippen LogP contribution in [0, 0.1) is 0 Å². The van der Waals surface area contributed by atoms with Crippen molar-refractivity contribution in [2.45, 2.75) is 74.9 Å². The fourth-order valence-electron chi connectivity index (χ4n) is 3.87. The molecule has 3 saturated heterocycles. The number of sulfone groups is 1. The molecule has 3 fully saturated rings. The van der Waals surface area contributed by atoms with Crippen LogP contribution in [0.1, 0.15) is 27.7 Å². The van der Waals surface area contributed by atoms with Crippen LogP contribution in [0.2, 0.25) is 0 Å². The molecule has 1 aromatic rings. The summed E-state index contributed by atoms with van der Waals surface area (Å²) < 4.78 is 60.9. The monoisotopic (exact) mass is 428 g/mol. The average molecular weight is 429 g/mol. The molecule has 8 nitrogen and oxygen atoms in total. The number of ether oxygens (including phenoxy) is 6. The first-order chi connectivity index (χ1) is 13.5. The van der Waals surface area contributed by atoms with Crippen LogP contribution in [0.5, 0.6) is 0 Å². The molecular formula is C20H28O8S. The van der Waals surface area contributed by atoms with E-state index in [2.05, 4.69) is 0 Å². The Morgan fingerprint density at radius 1 is 0.862 bits per heavy atom. The molecule has 1 aromatic carbocycles. The van der Waals surface area contributed by atoms with Gasteiger partial charge in [0.05, 0.1) is 18.1 Å². The minimum Gasteiger partial charge on any atom is -0.348 e. The minimum absolute atomic E-state index is 0.232. The van der Waals surface area contributed by atoms with Crippen molar-refractivity contribution in [2.24, 2.45) is 0 Å². The lowest BCUT2D eigenvalue weighted by molar-refractivity contribution is -0.165. The predicted molar refractivity (Wildman–Crippen MR) is 102 cm³/mol. The van der Waals surface area contributed by atoms with Crippen molar-refractivity contribution < 1.29 is 36.8 Å². The van der Waals surface area contributed by atoms with Crippen LogP contribution in [0.4, 0.5) is 0 Å². The predicted octanol–water partition coefficient (Wildman–Crippen LogP) is 1.87. The molecule has 9 heteroatoms. The van der Waals surface area contributed by atoms with Gasteiger partial charge in [0.25, 0.3) is 0 Å². The summed E-state index contributed by atoms with van der Waals surface area (Å²) in [4.78, 5) is 0.232. The van der Waals surface area contributed by atoms with E-state index in [1.165, 1.54) is 0 Å². The first-order valence-corrected chi connectivity index (χ1v) is 11.4. The normalized spacial score (nSPS) is 34.6. The summed E-state index contributed by atoms with van der Waals surface area (Å²) in [5.41, 5.74) is 0. The molecule has 4 rings (SSSR count). The third kappa shape index (κ3) is 4.66. The lowest BCUT2D eigenvalue weighted by Crippen LogP contribution is -2.45. The summed E-state index contributed by atoms with van der Waals surface area (Å²) >= 11 is 0. The van der Waals surface area contributed by atoms with Gasteiger partial charge in [0.15, 0.2) is 27.7 Å². The second-order valence-electron chi connectivity index (χ2n) is 8.46. The van der Waals surface area contributed by atoms with Crippen molar-refractivity contribution in [3.8, 4) is 0 Å². The summed E-state index contributed by atoms with van der Waals surface area (Å²) in [5, 5.41) is 0. The van der Waals surface area contributed by atoms with Crippen LogP contribution in [0.15, 0.2) is 35.2 Å². The van der Waals surface area contributed by atoms with Crippen LogP contribution in [-0.2, 0) is 38.3 Å². The maximum absolute atomic E-state index is 12.8. The first-order valence-electron chi connectivity index (χ1n) is 9.77. The maximum atomic E-state index is 12.8. The van der Waals surface area contributed by atoms with E-state index in [1.807, 2.05) is 27.7 Å². The third-order valence-electron chi connectivity index (χ3n) is 5.19. The van der Waals surface area contributed by atoms with Crippen molar-refractivity contribution in [3.05, 3.63) is 30.3 Å². The smallest absolute Gasteiger partial charge is 0.183 e. The lowest BCUT2D eigenvalue weighted by Gasteiger charge is -2.27.